The van der Waals surface area contributed by atoms with Crippen molar-refractivity contribution in [2.75, 3.05) is 7.11 Å². The van der Waals surface area contributed by atoms with Gasteiger partial charge in [-0.3, -0.25) is 0 Å². The molecule has 0 saturated carbocycles. The zero-order chi connectivity index (χ0) is 20.4. The minimum absolute atomic E-state index is 0.0259. The second kappa shape index (κ2) is 7.93. The first-order valence-electron chi connectivity index (χ1n) is 9.33. The zero-order valence-electron chi connectivity index (χ0n) is 16.3. The standard InChI is InChI=1S/C21H25NO5S/c1-4-21(5-2)14-18(17-11-6-7-12-19(17)27-21)22-28(24,25)16-10-8-9-15(13-16)20(23)26-3/h6-13,18,22H,4-5,14H2,1-3H3/t18-/m0/s1. The molecule has 3 rings (SSSR count). The molecule has 1 N–H and O–H groups in total. The van der Waals surface area contributed by atoms with Crippen LogP contribution in [0.2, 0.25) is 0 Å². The fraction of sp³-hybridized carbons (Fsp3) is 0.381. The molecule has 1 aliphatic heterocycles. The molecule has 7 heteroatoms. The van der Waals surface area contributed by atoms with Gasteiger partial charge in [-0.15, -0.1) is 0 Å². The lowest BCUT2D eigenvalue weighted by atomic mass is 9.84. The summed E-state index contributed by atoms with van der Waals surface area (Å²) < 4.78 is 39.9. The minimum atomic E-state index is -3.85. The van der Waals surface area contributed by atoms with Gasteiger partial charge in [0.25, 0.3) is 0 Å². The van der Waals surface area contributed by atoms with Gasteiger partial charge in [0.05, 0.1) is 23.6 Å². The minimum Gasteiger partial charge on any atom is -0.487 e. The molecule has 0 fully saturated rings. The molecule has 150 valence electrons. The van der Waals surface area contributed by atoms with Crippen molar-refractivity contribution in [3.8, 4) is 5.75 Å². The van der Waals surface area contributed by atoms with Crippen LogP contribution in [0.25, 0.3) is 0 Å². The topological polar surface area (TPSA) is 81.7 Å². The maximum absolute atomic E-state index is 13.1. The first-order valence-corrected chi connectivity index (χ1v) is 10.8. The van der Waals surface area contributed by atoms with E-state index in [1.807, 2.05) is 38.1 Å². The fourth-order valence-corrected chi connectivity index (χ4v) is 4.83. The number of fused-ring (bicyclic) bond motifs is 1. The number of hydrogen-bond acceptors (Lipinski definition) is 5. The molecule has 0 amide bonds. The Morgan fingerprint density at radius 2 is 1.89 bits per heavy atom. The monoisotopic (exact) mass is 403 g/mol. The van der Waals surface area contributed by atoms with Gasteiger partial charge in [0, 0.05) is 12.0 Å². The van der Waals surface area contributed by atoms with E-state index in [9.17, 15) is 13.2 Å². The van der Waals surface area contributed by atoms with Gasteiger partial charge >= 0.3 is 5.97 Å². The normalized spacial score (nSPS) is 18.0. The Morgan fingerprint density at radius 3 is 2.57 bits per heavy atom. The number of ether oxygens (including phenoxy) is 2. The lowest BCUT2D eigenvalue weighted by Gasteiger charge is -2.41. The van der Waals surface area contributed by atoms with Crippen molar-refractivity contribution in [2.45, 2.75) is 49.6 Å². The summed E-state index contributed by atoms with van der Waals surface area (Å²) >= 11 is 0. The summed E-state index contributed by atoms with van der Waals surface area (Å²) in [5.41, 5.74) is 0.581. The molecule has 0 radical (unpaired) electrons. The lowest BCUT2D eigenvalue weighted by Crippen LogP contribution is -2.44. The molecule has 6 nitrogen and oxygen atoms in total. The van der Waals surface area contributed by atoms with E-state index in [2.05, 4.69) is 9.46 Å². The predicted octanol–water partition coefficient (Wildman–Crippen LogP) is 3.83. The average Bonchev–Trinajstić information content (AvgIpc) is 2.72. The zero-order valence-corrected chi connectivity index (χ0v) is 17.1. The maximum atomic E-state index is 13.1. The Hall–Kier alpha value is -2.38. The van der Waals surface area contributed by atoms with E-state index in [1.54, 1.807) is 0 Å². The number of rotatable bonds is 6. The van der Waals surface area contributed by atoms with E-state index in [1.165, 1.54) is 31.4 Å². The van der Waals surface area contributed by atoms with E-state index in [0.717, 1.165) is 18.4 Å². The molecule has 1 atom stereocenters. The van der Waals surface area contributed by atoms with Gasteiger partial charge in [-0.25, -0.2) is 17.9 Å². The van der Waals surface area contributed by atoms with Gasteiger partial charge in [0.1, 0.15) is 11.4 Å². The van der Waals surface area contributed by atoms with Crippen molar-refractivity contribution in [3.05, 3.63) is 59.7 Å². The molecule has 0 bridgehead atoms. The van der Waals surface area contributed by atoms with E-state index in [-0.39, 0.29) is 10.5 Å². The number of benzene rings is 2. The highest BCUT2D eigenvalue weighted by molar-refractivity contribution is 7.89. The summed E-state index contributed by atoms with van der Waals surface area (Å²) in [5, 5.41) is 0. The van der Waals surface area contributed by atoms with E-state index in [4.69, 9.17) is 4.74 Å². The van der Waals surface area contributed by atoms with Gasteiger partial charge in [-0.1, -0.05) is 38.1 Å². The molecule has 0 aliphatic carbocycles. The highest BCUT2D eigenvalue weighted by Crippen LogP contribution is 2.43. The van der Waals surface area contributed by atoms with Crippen molar-refractivity contribution >= 4 is 16.0 Å². The largest absolute Gasteiger partial charge is 0.487 e. The molecular formula is C21H25NO5S. The maximum Gasteiger partial charge on any atom is 0.337 e. The fourth-order valence-electron chi connectivity index (χ4n) is 3.57. The first kappa shape index (κ1) is 20.4. The van der Waals surface area contributed by atoms with Crippen molar-refractivity contribution in [2.24, 2.45) is 0 Å². The molecule has 0 spiro atoms. The van der Waals surface area contributed by atoms with E-state index < -0.39 is 27.6 Å². The smallest absolute Gasteiger partial charge is 0.337 e. The molecule has 2 aromatic rings. The Labute approximate surface area is 165 Å². The van der Waals surface area contributed by atoms with Crippen molar-refractivity contribution in [1.82, 2.24) is 4.72 Å². The van der Waals surface area contributed by atoms with Gasteiger partial charge < -0.3 is 9.47 Å². The van der Waals surface area contributed by atoms with Crippen LogP contribution in [0.15, 0.2) is 53.4 Å². The third kappa shape index (κ3) is 3.91. The molecule has 0 saturated heterocycles. The molecule has 2 aromatic carbocycles. The van der Waals surface area contributed by atoms with Gasteiger partial charge in [0.2, 0.25) is 10.0 Å². The third-order valence-electron chi connectivity index (χ3n) is 5.35. The second-order valence-corrected chi connectivity index (χ2v) is 8.64. The summed E-state index contributed by atoms with van der Waals surface area (Å²) in [4.78, 5) is 11.8. The highest BCUT2D eigenvalue weighted by Gasteiger charge is 2.40. The summed E-state index contributed by atoms with van der Waals surface area (Å²) in [6, 6.07) is 12.9. The predicted molar refractivity (Wildman–Crippen MR) is 106 cm³/mol. The van der Waals surface area contributed by atoms with Crippen LogP contribution in [-0.2, 0) is 14.8 Å². The van der Waals surface area contributed by atoms with E-state index in [0.29, 0.717) is 12.2 Å². The third-order valence-corrected chi connectivity index (χ3v) is 6.82. The van der Waals surface area contributed by atoms with Crippen LogP contribution in [0.5, 0.6) is 5.75 Å². The molecule has 0 aromatic heterocycles. The number of carbonyl (C=O) groups is 1. The number of sulfonamides is 1. The van der Waals surface area contributed by atoms with Crippen LogP contribution < -0.4 is 9.46 Å². The Balaban J connectivity index is 1.96. The van der Waals surface area contributed by atoms with Gasteiger partial charge in [0.15, 0.2) is 0 Å². The van der Waals surface area contributed by atoms with Crippen LogP contribution in [0, 0.1) is 0 Å². The number of nitrogens with one attached hydrogen (secondary N) is 1. The molecule has 0 unspecified atom stereocenters. The summed E-state index contributed by atoms with van der Waals surface area (Å²) in [5.74, 6) is 0.123. The summed E-state index contributed by atoms with van der Waals surface area (Å²) in [6.07, 6.45) is 2.08. The Kier molecular flexibility index (Phi) is 5.76. The van der Waals surface area contributed by atoms with Crippen LogP contribution in [-0.4, -0.2) is 27.1 Å². The quantitative estimate of drug-likeness (QED) is 0.741. The number of hydrogen-bond donors (Lipinski definition) is 1. The molecule has 28 heavy (non-hydrogen) atoms. The van der Waals surface area contributed by atoms with Crippen LogP contribution in [0.4, 0.5) is 0 Å². The highest BCUT2D eigenvalue weighted by atomic mass is 32.2. The van der Waals surface area contributed by atoms with Crippen molar-refractivity contribution in [1.29, 1.82) is 0 Å². The summed E-state index contributed by atoms with van der Waals surface area (Å²) in [7, 11) is -2.59. The summed E-state index contributed by atoms with van der Waals surface area (Å²) in [6.45, 7) is 4.09. The number of carbonyl (C=O) groups excluding carboxylic acids is 1. The lowest BCUT2D eigenvalue weighted by molar-refractivity contribution is 0.0260. The van der Waals surface area contributed by atoms with Crippen molar-refractivity contribution < 1.29 is 22.7 Å². The molecule has 1 heterocycles. The Bertz CT molecular complexity index is 966. The Morgan fingerprint density at radius 1 is 1.18 bits per heavy atom. The number of para-hydroxylation sites is 1. The van der Waals surface area contributed by atoms with Crippen LogP contribution in [0.3, 0.4) is 0 Å². The number of esters is 1. The second-order valence-electron chi connectivity index (χ2n) is 6.93. The van der Waals surface area contributed by atoms with Gasteiger partial charge in [-0.2, -0.15) is 0 Å². The van der Waals surface area contributed by atoms with E-state index >= 15 is 0 Å². The average molecular weight is 404 g/mol. The van der Waals surface area contributed by atoms with Crippen LogP contribution >= 0.6 is 0 Å². The number of methoxy groups -OCH3 is 1. The first-order chi connectivity index (χ1) is 13.3. The SMILES string of the molecule is CCC1(CC)C[C@H](NS(=O)(=O)c2cccc(C(=O)OC)c2)c2ccccc2O1. The van der Waals surface area contributed by atoms with Gasteiger partial charge in [-0.05, 0) is 37.1 Å². The molecular weight excluding hydrogens is 378 g/mol. The van der Waals surface area contributed by atoms with Crippen LogP contribution in [0.1, 0.15) is 55.1 Å². The molecule has 1 aliphatic rings. The van der Waals surface area contributed by atoms with Crippen molar-refractivity contribution in [3.63, 3.8) is 0 Å².